The lowest BCUT2D eigenvalue weighted by atomic mass is 9.98. The molecule has 0 bridgehead atoms. The second-order valence-electron chi connectivity index (χ2n) is 4.42. The van der Waals surface area contributed by atoms with Crippen LogP contribution in [0.1, 0.15) is 31.7 Å². The molecule has 4 heteroatoms. The molecule has 100 valence electrons. The quantitative estimate of drug-likeness (QED) is 0.884. The molecule has 19 heavy (non-hydrogen) atoms. The Morgan fingerprint density at radius 3 is 2.79 bits per heavy atom. The van der Waals surface area contributed by atoms with Crippen molar-refractivity contribution in [3.05, 3.63) is 42.1 Å². The molecule has 4 nitrogen and oxygen atoms in total. The molecule has 0 aliphatic carbocycles. The van der Waals surface area contributed by atoms with Gasteiger partial charge in [-0.15, -0.1) is 0 Å². The third kappa shape index (κ3) is 3.22. The fraction of sp³-hybridized carbons (Fsp3) is 0.333. The van der Waals surface area contributed by atoms with E-state index in [9.17, 15) is 0 Å². The van der Waals surface area contributed by atoms with Gasteiger partial charge in [-0.1, -0.05) is 32.0 Å². The number of nitrogens with zero attached hydrogens (tertiary/aromatic N) is 2. The van der Waals surface area contributed by atoms with E-state index in [1.807, 2.05) is 18.2 Å². The molecule has 0 amide bonds. The molecule has 1 atom stereocenters. The molecule has 0 saturated carbocycles. The van der Waals surface area contributed by atoms with Gasteiger partial charge in [0.1, 0.15) is 5.75 Å². The summed E-state index contributed by atoms with van der Waals surface area (Å²) >= 11 is 0. The largest absolute Gasteiger partial charge is 0.439 e. The number of nitrogens with one attached hydrogen (secondary N) is 1. The maximum atomic E-state index is 5.88. The van der Waals surface area contributed by atoms with Crippen LogP contribution in [0, 0.1) is 0 Å². The van der Waals surface area contributed by atoms with Crippen LogP contribution in [0.5, 0.6) is 11.6 Å². The number of ether oxygens (including phenoxy) is 1. The van der Waals surface area contributed by atoms with Crippen LogP contribution < -0.4 is 10.1 Å². The smallest absolute Gasteiger partial charge is 0.225 e. The zero-order valence-electron chi connectivity index (χ0n) is 11.6. The lowest BCUT2D eigenvalue weighted by Crippen LogP contribution is -1.99. The van der Waals surface area contributed by atoms with Gasteiger partial charge in [0.15, 0.2) is 0 Å². The summed E-state index contributed by atoms with van der Waals surface area (Å²) in [6.07, 6.45) is 2.76. The van der Waals surface area contributed by atoms with Crippen molar-refractivity contribution in [3.8, 4) is 11.6 Å². The molecule has 2 rings (SSSR count). The molecule has 0 aliphatic heterocycles. The van der Waals surface area contributed by atoms with Crippen LogP contribution in [0.4, 0.5) is 5.95 Å². The summed E-state index contributed by atoms with van der Waals surface area (Å²) in [5.41, 5.74) is 1.20. The Labute approximate surface area is 113 Å². The molecule has 0 aliphatic rings. The lowest BCUT2D eigenvalue weighted by Gasteiger charge is -2.14. The summed E-state index contributed by atoms with van der Waals surface area (Å²) in [5, 5.41) is 2.90. The molecular formula is C15H19N3O. The first-order chi connectivity index (χ1) is 9.24. The first-order valence-electron chi connectivity index (χ1n) is 6.52. The summed E-state index contributed by atoms with van der Waals surface area (Å²) < 4.78 is 5.88. The SMILES string of the molecule is CCC(C)c1ccccc1Oc1ccnc(NC)n1. The molecule has 1 N–H and O–H groups in total. The minimum atomic E-state index is 0.460. The molecule has 0 saturated heterocycles. The van der Waals surface area contributed by atoms with Crippen molar-refractivity contribution < 1.29 is 4.74 Å². The monoisotopic (exact) mass is 257 g/mol. The highest BCUT2D eigenvalue weighted by atomic mass is 16.5. The van der Waals surface area contributed by atoms with Gasteiger partial charge in [0.2, 0.25) is 11.8 Å². The summed E-state index contributed by atoms with van der Waals surface area (Å²) in [6, 6.07) is 9.84. The summed E-state index contributed by atoms with van der Waals surface area (Å²) in [6.45, 7) is 4.37. The number of anilines is 1. The van der Waals surface area contributed by atoms with E-state index in [4.69, 9.17) is 4.74 Å². The normalized spacial score (nSPS) is 11.9. The molecule has 0 spiro atoms. The first-order valence-corrected chi connectivity index (χ1v) is 6.52. The number of para-hydroxylation sites is 1. The Morgan fingerprint density at radius 2 is 2.05 bits per heavy atom. The molecule has 1 aromatic heterocycles. The Kier molecular flexibility index (Phi) is 4.34. The van der Waals surface area contributed by atoms with Crippen LogP contribution in [-0.2, 0) is 0 Å². The Hall–Kier alpha value is -2.10. The first kappa shape index (κ1) is 13.3. The van der Waals surface area contributed by atoms with Gasteiger partial charge >= 0.3 is 0 Å². The molecular weight excluding hydrogens is 238 g/mol. The molecule has 1 heterocycles. The van der Waals surface area contributed by atoms with E-state index in [-0.39, 0.29) is 0 Å². The summed E-state index contributed by atoms with van der Waals surface area (Å²) in [5.74, 6) is 2.42. The maximum Gasteiger partial charge on any atom is 0.225 e. The fourth-order valence-electron chi connectivity index (χ4n) is 1.83. The third-order valence-electron chi connectivity index (χ3n) is 3.13. The van der Waals surface area contributed by atoms with Gasteiger partial charge in [0, 0.05) is 19.3 Å². The van der Waals surface area contributed by atoms with Crippen molar-refractivity contribution in [2.24, 2.45) is 0 Å². The molecule has 1 unspecified atom stereocenters. The minimum absolute atomic E-state index is 0.460. The predicted octanol–water partition coefficient (Wildman–Crippen LogP) is 3.82. The van der Waals surface area contributed by atoms with Crippen molar-refractivity contribution in [3.63, 3.8) is 0 Å². The predicted molar refractivity (Wildman–Crippen MR) is 76.8 cm³/mol. The lowest BCUT2D eigenvalue weighted by molar-refractivity contribution is 0.451. The number of hydrogen-bond acceptors (Lipinski definition) is 4. The third-order valence-corrected chi connectivity index (χ3v) is 3.13. The minimum Gasteiger partial charge on any atom is -0.439 e. The highest BCUT2D eigenvalue weighted by Gasteiger charge is 2.10. The zero-order valence-corrected chi connectivity index (χ0v) is 11.6. The standard InChI is InChI=1S/C15H19N3O/c1-4-11(2)12-7-5-6-8-13(12)19-14-9-10-17-15(16-3)18-14/h5-11H,4H2,1-3H3,(H,16,17,18). The van der Waals surface area contributed by atoms with Gasteiger partial charge in [-0.25, -0.2) is 4.98 Å². The average Bonchev–Trinajstić information content (AvgIpc) is 2.47. The Bertz CT molecular complexity index is 542. The van der Waals surface area contributed by atoms with E-state index in [2.05, 4.69) is 35.2 Å². The van der Waals surface area contributed by atoms with Gasteiger partial charge < -0.3 is 10.1 Å². The van der Waals surface area contributed by atoms with E-state index >= 15 is 0 Å². The second kappa shape index (κ2) is 6.18. The van der Waals surface area contributed by atoms with Crippen LogP contribution in [-0.4, -0.2) is 17.0 Å². The van der Waals surface area contributed by atoms with E-state index in [1.165, 1.54) is 5.56 Å². The van der Waals surface area contributed by atoms with Gasteiger partial charge in [-0.3, -0.25) is 0 Å². The highest BCUT2D eigenvalue weighted by Crippen LogP contribution is 2.31. The number of rotatable bonds is 5. The summed E-state index contributed by atoms with van der Waals surface area (Å²) in [7, 11) is 1.78. The van der Waals surface area contributed by atoms with Crippen LogP contribution >= 0.6 is 0 Å². The van der Waals surface area contributed by atoms with Crippen molar-refractivity contribution in [1.29, 1.82) is 0 Å². The van der Waals surface area contributed by atoms with Gasteiger partial charge in [0.05, 0.1) is 0 Å². The topological polar surface area (TPSA) is 47.0 Å². The number of hydrogen-bond donors (Lipinski definition) is 1. The van der Waals surface area contributed by atoms with Crippen molar-refractivity contribution in [2.75, 3.05) is 12.4 Å². The van der Waals surface area contributed by atoms with Crippen molar-refractivity contribution in [2.45, 2.75) is 26.2 Å². The molecule has 0 radical (unpaired) electrons. The van der Waals surface area contributed by atoms with E-state index in [0.29, 0.717) is 17.7 Å². The highest BCUT2D eigenvalue weighted by molar-refractivity contribution is 5.39. The van der Waals surface area contributed by atoms with Crippen LogP contribution in [0.25, 0.3) is 0 Å². The molecule has 2 aromatic rings. The van der Waals surface area contributed by atoms with Crippen molar-refractivity contribution >= 4 is 5.95 Å². The number of aromatic nitrogens is 2. The van der Waals surface area contributed by atoms with E-state index in [0.717, 1.165) is 12.2 Å². The Balaban J connectivity index is 2.27. The molecule has 1 aromatic carbocycles. The Morgan fingerprint density at radius 1 is 1.26 bits per heavy atom. The molecule has 0 fully saturated rings. The van der Waals surface area contributed by atoms with Crippen LogP contribution in [0.3, 0.4) is 0 Å². The van der Waals surface area contributed by atoms with Crippen molar-refractivity contribution in [1.82, 2.24) is 9.97 Å². The number of benzene rings is 1. The summed E-state index contributed by atoms with van der Waals surface area (Å²) in [4.78, 5) is 8.34. The van der Waals surface area contributed by atoms with Crippen LogP contribution in [0.2, 0.25) is 0 Å². The zero-order chi connectivity index (χ0) is 13.7. The second-order valence-corrected chi connectivity index (χ2v) is 4.42. The van der Waals surface area contributed by atoms with Gasteiger partial charge in [-0.2, -0.15) is 4.98 Å². The van der Waals surface area contributed by atoms with E-state index in [1.54, 1.807) is 19.3 Å². The van der Waals surface area contributed by atoms with Crippen LogP contribution in [0.15, 0.2) is 36.5 Å². The maximum absolute atomic E-state index is 5.88. The van der Waals surface area contributed by atoms with Gasteiger partial charge in [0.25, 0.3) is 0 Å². The fourth-order valence-corrected chi connectivity index (χ4v) is 1.83. The van der Waals surface area contributed by atoms with E-state index < -0.39 is 0 Å². The average molecular weight is 257 g/mol. The van der Waals surface area contributed by atoms with Gasteiger partial charge in [-0.05, 0) is 24.0 Å².